The molecule has 0 aliphatic carbocycles. The highest BCUT2D eigenvalue weighted by molar-refractivity contribution is 6.31. The minimum absolute atomic E-state index is 0.209. The molecule has 1 aromatic carbocycles. The Balaban J connectivity index is 1.99. The summed E-state index contributed by atoms with van der Waals surface area (Å²) in [5.74, 6) is -0.422. The summed E-state index contributed by atoms with van der Waals surface area (Å²) in [5.41, 5.74) is 1.10. The Morgan fingerprint density at radius 2 is 2.05 bits per heavy atom. The van der Waals surface area contributed by atoms with Crippen LogP contribution in [0, 0.1) is 0 Å². The second kappa shape index (κ2) is 5.61. The van der Waals surface area contributed by atoms with Gasteiger partial charge in [0.25, 0.3) is 5.91 Å². The molecule has 21 heavy (non-hydrogen) atoms. The van der Waals surface area contributed by atoms with Gasteiger partial charge in [0.1, 0.15) is 11.7 Å². The Morgan fingerprint density at radius 3 is 2.76 bits per heavy atom. The predicted octanol–water partition coefficient (Wildman–Crippen LogP) is 1.98. The minimum atomic E-state index is -0.705. The second-order valence-corrected chi connectivity index (χ2v) is 5.20. The summed E-state index contributed by atoms with van der Waals surface area (Å²) < 4.78 is 0. The van der Waals surface area contributed by atoms with Crippen LogP contribution in [0.2, 0.25) is 5.02 Å². The van der Waals surface area contributed by atoms with Crippen LogP contribution in [0.4, 0.5) is 0 Å². The maximum atomic E-state index is 12.6. The van der Waals surface area contributed by atoms with Crippen LogP contribution in [0.15, 0.2) is 42.6 Å². The molecule has 1 aromatic heterocycles. The fourth-order valence-electron chi connectivity index (χ4n) is 2.51. The molecule has 1 fully saturated rings. The largest absolute Gasteiger partial charge is 0.357 e. The predicted molar refractivity (Wildman–Crippen MR) is 79.0 cm³/mol. The van der Waals surface area contributed by atoms with E-state index in [1.807, 2.05) is 0 Å². The first-order valence-corrected chi connectivity index (χ1v) is 7.03. The Morgan fingerprint density at radius 1 is 1.24 bits per heavy atom. The Hall–Kier alpha value is -2.27. The lowest BCUT2D eigenvalue weighted by Crippen LogP contribution is -2.52. The van der Waals surface area contributed by atoms with Gasteiger partial charge in [-0.3, -0.25) is 9.59 Å². The summed E-state index contributed by atoms with van der Waals surface area (Å²) in [7, 11) is 0. The summed E-state index contributed by atoms with van der Waals surface area (Å²) in [6.45, 7) is 0.881. The number of amides is 2. The minimum Gasteiger partial charge on any atom is -0.357 e. The quantitative estimate of drug-likeness (QED) is 0.891. The Kier molecular flexibility index (Phi) is 3.66. The highest BCUT2D eigenvalue weighted by Crippen LogP contribution is 2.30. The third kappa shape index (κ3) is 2.52. The fourth-order valence-corrected chi connectivity index (χ4v) is 2.75. The lowest BCUT2D eigenvalue weighted by molar-refractivity contribution is -0.128. The molecule has 108 valence electrons. The number of carbonyl (C=O) groups is 2. The molecular formula is C15H14ClN3O2. The van der Waals surface area contributed by atoms with Crippen LogP contribution in [0.3, 0.4) is 0 Å². The van der Waals surface area contributed by atoms with Crippen molar-refractivity contribution in [2.45, 2.75) is 6.04 Å². The van der Waals surface area contributed by atoms with E-state index in [1.54, 1.807) is 47.5 Å². The van der Waals surface area contributed by atoms with Crippen molar-refractivity contribution in [3.05, 3.63) is 58.9 Å². The zero-order chi connectivity index (χ0) is 14.8. The smallest absolute Gasteiger partial charge is 0.271 e. The third-order valence-corrected chi connectivity index (χ3v) is 3.85. The summed E-state index contributed by atoms with van der Waals surface area (Å²) in [6, 6.07) is 9.83. The van der Waals surface area contributed by atoms with Gasteiger partial charge < -0.3 is 15.2 Å². The van der Waals surface area contributed by atoms with Gasteiger partial charge >= 0.3 is 0 Å². The molecule has 2 amide bonds. The number of halogens is 1. The van der Waals surface area contributed by atoms with Crippen molar-refractivity contribution in [1.82, 2.24) is 15.2 Å². The van der Waals surface area contributed by atoms with Crippen molar-refractivity contribution in [2.75, 3.05) is 13.1 Å². The van der Waals surface area contributed by atoms with Crippen LogP contribution < -0.4 is 5.32 Å². The molecule has 0 spiro atoms. The summed E-state index contributed by atoms with van der Waals surface area (Å²) in [4.78, 5) is 29.3. The lowest BCUT2D eigenvalue weighted by atomic mass is 10.0. The average molecular weight is 304 g/mol. The van der Waals surface area contributed by atoms with Crippen LogP contribution in [0.5, 0.6) is 0 Å². The van der Waals surface area contributed by atoms with Crippen molar-refractivity contribution < 1.29 is 9.59 Å². The van der Waals surface area contributed by atoms with E-state index in [-0.39, 0.29) is 11.8 Å². The maximum absolute atomic E-state index is 12.6. The van der Waals surface area contributed by atoms with Gasteiger partial charge in [-0.1, -0.05) is 29.8 Å². The normalized spacial score (nSPS) is 18.4. The maximum Gasteiger partial charge on any atom is 0.271 e. The number of nitrogens with zero attached hydrogens (tertiary/aromatic N) is 1. The van der Waals surface area contributed by atoms with Crippen LogP contribution in [-0.2, 0) is 4.79 Å². The molecule has 2 heterocycles. The van der Waals surface area contributed by atoms with E-state index in [4.69, 9.17) is 11.6 Å². The molecule has 1 aliphatic rings. The van der Waals surface area contributed by atoms with Gasteiger partial charge in [0.05, 0.1) is 0 Å². The van der Waals surface area contributed by atoms with Gasteiger partial charge in [-0.15, -0.1) is 0 Å². The fraction of sp³-hybridized carbons (Fsp3) is 0.200. The first-order chi connectivity index (χ1) is 10.2. The number of piperazine rings is 1. The molecule has 0 radical (unpaired) electrons. The van der Waals surface area contributed by atoms with Gasteiger partial charge in [-0.25, -0.2) is 0 Å². The number of rotatable bonds is 2. The van der Waals surface area contributed by atoms with Crippen LogP contribution >= 0.6 is 11.6 Å². The Bertz CT molecular complexity index is 669. The lowest BCUT2D eigenvalue weighted by Gasteiger charge is -2.35. The van der Waals surface area contributed by atoms with Gasteiger partial charge in [0.15, 0.2) is 0 Å². The molecule has 1 atom stereocenters. The molecule has 3 rings (SSSR count). The van der Waals surface area contributed by atoms with Crippen LogP contribution in [0.1, 0.15) is 22.1 Å². The summed E-state index contributed by atoms with van der Waals surface area (Å²) >= 11 is 6.19. The van der Waals surface area contributed by atoms with Crippen molar-refractivity contribution in [2.24, 2.45) is 0 Å². The van der Waals surface area contributed by atoms with Crippen molar-refractivity contribution >= 4 is 23.4 Å². The molecule has 0 bridgehead atoms. The Labute approximate surface area is 126 Å². The first kappa shape index (κ1) is 13.7. The molecule has 2 N–H and O–H groups in total. The SMILES string of the molecule is O=C1NCCN(C(=O)c2ccc[nH]2)C1c1ccccc1Cl. The molecule has 1 unspecified atom stereocenters. The monoisotopic (exact) mass is 303 g/mol. The standard InChI is InChI=1S/C15H14ClN3O2/c16-11-5-2-1-4-10(11)13-14(20)18-8-9-19(13)15(21)12-6-3-7-17-12/h1-7,13,17H,8-9H2,(H,18,20). The van der Waals surface area contributed by atoms with Gasteiger partial charge in [-0.05, 0) is 18.2 Å². The average Bonchev–Trinajstić information content (AvgIpc) is 3.01. The highest BCUT2D eigenvalue weighted by Gasteiger charge is 2.36. The van der Waals surface area contributed by atoms with Crippen LogP contribution in [-0.4, -0.2) is 34.8 Å². The molecule has 2 aromatic rings. The number of aromatic amines is 1. The molecular weight excluding hydrogens is 290 g/mol. The first-order valence-electron chi connectivity index (χ1n) is 6.65. The van der Waals surface area contributed by atoms with Gasteiger partial charge in [-0.2, -0.15) is 0 Å². The zero-order valence-electron chi connectivity index (χ0n) is 11.2. The number of nitrogens with one attached hydrogen (secondary N) is 2. The van der Waals surface area contributed by atoms with E-state index in [0.717, 1.165) is 0 Å². The van der Waals surface area contributed by atoms with Crippen molar-refractivity contribution in [3.8, 4) is 0 Å². The molecule has 6 heteroatoms. The zero-order valence-corrected chi connectivity index (χ0v) is 11.9. The summed E-state index contributed by atoms with van der Waals surface area (Å²) in [6.07, 6.45) is 1.68. The summed E-state index contributed by atoms with van der Waals surface area (Å²) in [5, 5.41) is 3.26. The molecule has 5 nitrogen and oxygen atoms in total. The number of H-pyrrole nitrogens is 1. The molecule has 1 aliphatic heterocycles. The van der Waals surface area contributed by atoms with E-state index in [9.17, 15) is 9.59 Å². The molecule has 0 saturated carbocycles. The number of hydrogen-bond acceptors (Lipinski definition) is 2. The van der Waals surface area contributed by atoms with Gasteiger partial charge in [0.2, 0.25) is 5.91 Å². The number of carbonyl (C=O) groups excluding carboxylic acids is 2. The third-order valence-electron chi connectivity index (χ3n) is 3.50. The van der Waals surface area contributed by atoms with E-state index >= 15 is 0 Å². The topological polar surface area (TPSA) is 65.2 Å². The number of hydrogen-bond donors (Lipinski definition) is 2. The molecule has 1 saturated heterocycles. The number of aromatic nitrogens is 1. The second-order valence-electron chi connectivity index (χ2n) is 4.80. The van der Waals surface area contributed by atoms with E-state index in [0.29, 0.717) is 29.4 Å². The van der Waals surface area contributed by atoms with E-state index in [1.165, 1.54) is 0 Å². The van der Waals surface area contributed by atoms with Crippen molar-refractivity contribution in [1.29, 1.82) is 0 Å². The van der Waals surface area contributed by atoms with Crippen molar-refractivity contribution in [3.63, 3.8) is 0 Å². The van der Waals surface area contributed by atoms with Gasteiger partial charge in [0, 0.05) is 29.9 Å². The highest BCUT2D eigenvalue weighted by atomic mass is 35.5. The van der Waals surface area contributed by atoms with Crippen LogP contribution in [0.25, 0.3) is 0 Å². The number of benzene rings is 1. The van der Waals surface area contributed by atoms with E-state index in [2.05, 4.69) is 10.3 Å². The van der Waals surface area contributed by atoms with E-state index < -0.39 is 6.04 Å².